The minimum absolute atomic E-state index is 0.0754. The largest absolute Gasteiger partial charge is 0.493 e. The molecule has 0 N–H and O–H groups in total. The van der Waals surface area contributed by atoms with E-state index in [4.69, 9.17) is 28.4 Å². The van der Waals surface area contributed by atoms with Gasteiger partial charge >= 0.3 is 17.9 Å². The Kier molecular flexibility index (Phi) is 6.02. The van der Waals surface area contributed by atoms with Crippen molar-refractivity contribution in [1.82, 2.24) is 0 Å². The van der Waals surface area contributed by atoms with Crippen LogP contribution < -0.4 is 9.47 Å². The maximum atomic E-state index is 12.8. The maximum Gasteiger partial charge on any atom is 0.337 e. The molecule has 9 heteroatoms. The van der Waals surface area contributed by atoms with Gasteiger partial charge in [0.25, 0.3) is 0 Å². The highest BCUT2D eigenvalue weighted by molar-refractivity contribution is 6.05. The number of esters is 3. The van der Waals surface area contributed by atoms with Gasteiger partial charge in [0.1, 0.15) is 11.7 Å². The molecule has 9 nitrogen and oxygen atoms in total. The van der Waals surface area contributed by atoms with Crippen LogP contribution in [-0.4, -0.2) is 53.5 Å². The monoisotopic (exact) mass is 420 g/mol. The molecule has 2 heterocycles. The first-order valence-corrected chi connectivity index (χ1v) is 9.30. The predicted octanol–water partition coefficient (Wildman–Crippen LogP) is 1.97. The summed E-state index contributed by atoms with van der Waals surface area (Å²) in [6.07, 6.45) is -0.120. The van der Waals surface area contributed by atoms with Crippen molar-refractivity contribution < 1.29 is 42.8 Å². The molecule has 30 heavy (non-hydrogen) atoms. The number of benzene rings is 1. The fraction of sp³-hybridized carbons (Fsp3) is 0.476. The lowest BCUT2D eigenvalue weighted by Gasteiger charge is -2.30. The Bertz CT molecular complexity index is 917. The van der Waals surface area contributed by atoms with E-state index in [2.05, 4.69) is 0 Å². The SMILES string of the molecule is COC(=O)CCC[C@@]12O[C@@H](C(C(=O)OC)=C1C(=O)OC)c1cc(OC)c(OC)cc12. The van der Waals surface area contributed by atoms with Crippen LogP contribution in [0.1, 0.15) is 36.5 Å². The molecule has 0 amide bonds. The molecule has 0 radical (unpaired) electrons. The molecule has 2 bridgehead atoms. The van der Waals surface area contributed by atoms with Crippen LogP contribution in [0.4, 0.5) is 0 Å². The van der Waals surface area contributed by atoms with Crippen LogP contribution in [0.15, 0.2) is 23.3 Å². The minimum atomic E-state index is -1.29. The molecule has 2 aliphatic heterocycles. The highest BCUT2D eigenvalue weighted by atomic mass is 16.6. The molecule has 0 aromatic heterocycles. The first-order valence-electron chi connectivity index (χ1n) is 9.30. The number of hydrogen-bond acceptors (Lipinski definition) is 9. The Labute approximate surface area is 173 Å². The topological polar surface area (TPSA) is 107 Å². The average Bonchev–Trinajstić information content (AvgIpc) is 3.27. The van der Waals surface area contributed by atoms with Gasteiger partial charge in [-0.05, 0) is 36.1 Å². The smallest absolute Gasteiger partial charge is 0.337 e. The van der Waals surface area contributed by atoms with Crippen molar-refractivity contribution in [3.8, 4) is 11.5 Å². The van der Waals surface area contributed by atoms with E-state index in [-0.39, 0.29) is 30.0 Å². The molecule has 1 aromatic rings. The van der Waals surface area contributed by atoms with Gasteiger partial charge in [-0.1, -0.05) is 0 Å². The van der Waals surface area contributed by atoms with E-state index < -0.39 is 23.6 Å². The third kappa shape index (κ3) is 3.19. The van der Waals surface area contributed by atoms with Crippen LogP contribution >= 0.6 is 0 Å². The van der Waals surface area contributed by atoms with Gasteiger partial charge in [-0.3, -0.25) is 4.79 Å². The van der Waals surface area contributed by atoms with Gasteiger partial charge in [-0.25, -0.2) is 9.59 Å². The van der Waals surface area contributed by atoms with Gasteiger partial charge in [-0.2, -0.15) is 0 Å². The molecule has 0 aliphatic carbocycles. The van der Waals surface area contributed by atoms with Gasteiger partial charge < -0.3 is 28.4 Å². The molecule has 0 saturated heterocycles. The summed E-state index contributed by atoms with van der Waals surface area (Å²) in [7, 11) is 6.77. The summed E-state index contributed by atoms with van der Waals surface area (Å²) in [6, 6.07) is 3.45. The van der Waals surface area contributed by atoms with Crippen LogP contribution in [0.25, 0.3) is 0 Å². The number of carbonyl (C=O) groups excluding carboxylic acids is 3. The van der Waals surface area contributed by atoms with E-state index in [1.165, 1.54) is 35.5 Å². The van der Waals surface area contributed by atoms with Crippen molar-refractivity contribution in [3.05, 3.63) is 34.4 Å². The Morgan fingerprint density at radius 3 is 2.13 bits per heavy atom. The summed E-state index contributed by atoms with van der Waals surface area (Å²) < 4.78 is 31.7. The van der Waals surface area contributed by atoms with E-state index in [1.807, 2.05) is 0 Å². The van der Waals surface area contributed by atoms with Crippen LogP contribution in [-0.2, 0) is 38.9 Å². The molecule has 162 valence electrons. The fourth-order valence-electron chi connectivity index (χ4n) is 4.14. The molecule has 0 saturated carbocycles. The van der Waals surface area contributed by atoms with Crippen molar-refractivity contribution in [1.29, 1.82) is 0 Å². The Hall–Kier alpha value is -3.07. The normalized spacial score (nSPS) is 21.2. The quantitative estimate of drug-likeness (QED) is 0.461. The third-order valence-corrected chi connectivity index (χ3v) is 5.46. The average molecular weight is 420 g/mol. The predicted molar refractivity (Wildman–Crippen MR) is 102 cm³/mol. The summed E-state index contributed by atoms with van der Waals surface area (Å²) >= 11 is 0. The number of carbonyl (C=O) groups is 3. The van der Waals surface area contributed by atoms with Crippen molar-refractivity contribution in [3.63, 3.8) is 0 Å². The number of fused-ring (bicyclic) bond motifs is 5. The highest BCUT2D eigenvalue weighted by Gasteiger charge is 2.60. The number of methoxy groups -OCH3 is 5. The van der Waals surface area contributed by atoms with E-state index in [1.54, 1.807) is 12.1 Å². The lowest BCUT2D eigenvalue weighted by molar-refractivity contribution is -0.141. The van der Waals surface area contributed by atoms with Crippen molar-refractivity contribution >= 4 is 17.9 Å². The second kappa shape index (κ2) is 8.35. The van der Waals surface area contributed by atoms with Crippen LogP contribution in [0.5, 0.6) is 11.5 Å². The Balaban J connectivity index is 2.19. The van der Waals surface area contributed by atoms with E-state index >= 15 is 0 Å². The van der Waals surface area contributed by atoms with E-state index in [0.29, 0.717) is 29.0 Å². The molecule has 0 unspecified atom stereocenters. The minimum Gasteiger partial charge on any atom is -0.493 e. The lowest BCUT2D eigenvalue weighted by atomic mass is 9.74. The molecular formula is C21H24O9. The zero-order valence-corrected chi connectivity index (χ0v) is 17.5. The second-order valence-corrected chi connectivity index (χ2v) is 6.82. The van der Waals surface area contributed by atoms with Crippen molar-refractivity contribution in [2.45, 2.75) is 31.0 Å². The number of rotatable bonds is 8. The van der Waals surface area contributed by atoms with Gasteiger partial charge in [0, 0.05) is 6.42 Å². The Morgan fingerprint density at radius 2 is 1.57 bits per heavy atom. The lowest BCUT2D eigenvalue weighted by Crippen LogP contribution is -2.33. The second-order valence-electron chi connectivity index (χ2n) is 6.82. The molecule has 0 spiro atoms. The zero-order valence-electron chi connectivity index (χ0n) is 17.5. The van der Waals surface area contributed by atoms with Crippen LogP contribution in [0.3, 0.4) is 0 Å². The third-order valence-electron chi connectivity index (χ3n) is 5.46. The summed E-state index contributed by atoms with van der Waals surface area (Å²) in [5.41, 5.74) is 0.194. The van der Waals surface area contributed by atoms with E-state index in [9.17, 15) is 14.4 Å². The molecular weight excluding hydrogens is 396 g/mol. The fourth-order valence-corrected chi connectivity index (χ4v) is 4.14. The van der Waals surface area contributed by atoms with E-state index in [0.717, 1.165) is 0 Å². The summed E-state index contributed by atoms with van der Waals surface area (Å²) in [5.74, 6) is -0.861. The van der Waals surface area contributed by atoms with Crippen LogP contribution in [0, 0.1) is 0 Å². The molecule has 3 rings (SSSR count). The molecule has 2 atom stereocenters. The summed E-state index contributed by atoms with van der Waals surface area (Å²) in [6.45, 7) is 0. The standard InChI is InChI=1S/C21H24O9/c1-25-13-9-11-12(10-14(13)26-2)21(8-6-7-15(22)27-3)17(20(24)29-5)16(18(11)30-21)19(23)28-4/h9-10,18H,6-8H2,1-5H3/t18-,21+/m1/s1. The van der Waals surface area contributed by atoms with Crippen molar-refractivity contribution in [2.75, 3.05) is 35.5 Å². The maximum absolute atomic E-state index is 12.8. The molecule has 2 aliphatic rings. The number of hydrogen-bond donors (Lipinski definition) is 0. The highest BCUT2D eigenvalue weighted by Crippen LogP contribution is 2.61. The van der Waals surface area contributed by atoms with Gasteiger partial charge in [0.05, 0.1) is 46.7 Å². The number of ether oxygens (including phenoxy) is 6. The first kappa shape index (κ1) is 21.6. The summed E-state index contributed by atoms with van der Waals surface area (Å²) in [5, 5.41) is 0. The van der Waals surface area contributed by atoms with Gasteiger partial charge in [0.15, 0.2) is 11.5 Å². The first-order chi connectivity index (χ1) is 14.4. The molecule has 0 fully saturated rings. The van der Waals surface area contributed by atoms with Crippen LogP contribution in [0.2, 0.25) is 0 Å². The Morgan fingerprint density at radius 1 is 0.933 bits per heavy atom. The zero-order chi connectivity index (χ0) is 22.1. The van der Waals surface area contributed by atoms with Gasteiger partial charge in [-0.15, -0.1) is 0 Å². The van der Waals surface area contributed by atoms with Crippen molar-refractivity contribution in [2.24, 2.45) is 0 Å². The summed E-state index contributed by atoms with van der Waals surface area (Å²) in [4.78, 5) is 37.0. The molecule has 1 aromatic carbocycles. The van der Waals surface area contributed by atoms with Gasteiger partial charge in [0.2, 0.25) is 0 Å².